The van der Waals surface area contributed by atoms with Gasteiger partial charge in [0.25, 0.3) is 0 Å². The number of anilines is 1. The minimum Gasteiger partial charge on any atom is -0.391 e. The zero-order valence-corrected chi connectivity index (χ0v) is 13.4. The number of likely N-dealkylation sites (tertiary alicyclic amines) is 1. The molecule has 1 aliphatic carbocycles. The van der Waals surface area contributed by atoms with Gasteiger partial charge in [-0.25, -0.2) is 0 Å². The van der Waals surface area contributed by atoms with Gasteiger partial charge in [-0.1, -0.05) is 18.2 Å². The number of carbonyl (C=O) groups excluding carboxylic acids is 1. The molecule has 2 heterocycles. The minimum absolute atomic E-state index is 0.0944. The number of benzene rings is 1. The summed E-state index contributed by atoms with van der Waals surface area (Å²) >= 11 is 0. The number of para-hydroxylation sites is 1. The average molecular weight is 315 g/mol. The van der Waals surface area contributed by atoms with Gasteiger partial charge in [0, 0.05) is 42.7 Å². The molecule has 5 nitrogen and oxygen atoms in total. The van der Waals surface area contributed by atoms with Gasteiger partial charge in [0.15, 0.2) is 0 Å². The molecule has 1 aromatic carbocycles. The number of hydrogen-bond donors (Lipinski definition) is 3. The third-order valence-electron chi connectivity index (χ3n) is 6.07. The summed E-state index contributed by atoms with van der Waals surface area (Å²) in [6, 6.07) is 8.29. The molecule has 2 fully saturated rings. The van der Waals surface area contributed by atoms with Crippen LogP contribution in [0.2, 0.25) is 0 Å². The number of carbonyl (C=O) groups is 1. The molecule has 4 rings (SSSR count). The van der Waals surface area contributed by atoms with E-state index in [0.29, 0.717) is 12.8 Å². The van der Waals surface area contributed by atoms with E-state index in [4.69, 9.17) is 5.73 Å². The fraction of sp³-hybridized carbons (Fsp3) is 0.611. The second-order valence-corrected chi connectivity index (χ2v) is 7.40. The van der Waals surface area contributed by atoms with Crippen molar-refractivity contribution in [3.63, 3.8) is 0 Å². The second kappa shape index (κ2) is 5.49. The Balaban J connectivity index is 1.43. The van der Waals surface area contributed by atoms with Crippen LogP contribution in [0.15, 0.2) is 24.3 Å². The Labute approximate surface area is 136 Å². The summed E-state index contributed by atoms with van der Waals surface area (Å²) in [6.07, 6.45) is 2.62. The van der Waals surface area contributed by atoms with Gasteiger partial charge in [0.05, 0.1) is 6.10 Å². The van der Waals surface area contributed by atoms with E-state index >= 15 is 0 Å². The van der Waals surface area contributed by atoms with Crippen LogP contribution in [-0.2, 0) is 10.2 Å². The largest absolute Gasteiger partial charge is 0.391 e. The lowest BCUT2D eigenvalue weighted by Crippen LogP contribution is -2.47. The molecule has 1 saturated carbocycles. The standard InChI is InChI=1S/C18H25N3O2/c19-14-9-12(10-16(14)22)17(23)21-7-5-18(6-8-21)11-20-15-4-2-1-3-13(15)18/h1-4,12,14,16,20,22H,5-11,19H2/t12-,14+,16+/m0/s1. The molecule has 0 bridgehead atoms. The van der Waals surface area contributed by atoms with Gasteiger partial charge >= 0.3 is 0 Å². The van der Waals surface area contributed by atoms with Gasteiger partial charge in [-0.15, -0.1) is 0 Å². The fourth-order valence-corrected chi connectivity index (χ4v) is 4.57. The first kappa shape index (κ1) is 15.0. The van der Waals surface area contributed by atoms with Crippen LogP contribution in [0.1, 0.15) is 31.2 Å². The lowest BCUT2D eigenvalue weighted by molar-refractivity contribution is -0.137. The molecular weight excluding hydrogens is 290 g/mol. The molecule has 0 aromatic heterocycles. The summed E-state index contributed by atoms with van der Waals surface area (Å²) in [5.74, 6) is 0.0918. The molecule has 0 radical (unpaired) electrons. The molecular formula is C18H25N3O2. The third kappa shape index (κ3) is 2.42. The fourth-order valence-electron chi connectivity index (χ4n) is 4.57. The van der Waals surface area contributed by atoms with E-state index in [0.717, 1.165) is 32.5 Å². The predicted molar refractivity (Wildman–Crippen MR) is 89.1 cm³/mol. The lowest BCUT2D eigenvalue weighted by Gasteiger charge is -2.40. The van der Waals surface area contributed by atoms with Gasteiger partial charge in [-0.2, -0.15) is 0 Å². The molecule has 3 aliphatic rings. The maximum atomic E-state index is 12.7. The quantitative estimate of drug-likeness (QED) is 0.724. The number of aliphatic hydroxyl groups is 1. The van der Waals surface area contributed by atoms with Crippen LogP contribution in [0.3, 0.4) is 0 Å². The van der Waals surface area contributed by atoms with Crippen LogP contribution < -0.4 is 11.1 Å². The Bertz CT molecular complexity index is 600. The van der Waals surface area contributed by atoms with E-state index in [9.17, 15) is 9.90 Å². The average Bonchev–Trinajstić information content (AvgIpc) is 3.10. The summed E-state index contributed by atoms with van der Waals surface area (Å²) in [5.41, 5.74) is 8.69. The van der Waals surface area contributed by atoms with Gasteiger partial charge < -0.3 is 21.1 Å². The van der Waals surface area contributed by atoms with E-state index in [1.807, 2.05) is 4.90 Å². The normalized spacial score (nSPS) is 31.9. The van der Waals surface area contributed by atoms with Crippen molar-refractivity contribution in [1.82, 2.24) is 4.90 Å². The van der Waals surface area contributed by atoms with Gasteiger partial charge in [-0.3, -0.25) is 4.79 Å². The highest BCUT2D eigenvalue weighted by Crippen LogP contribution is 2.44. The number of rotatable bonds is 1. The smallest absolute Gasteiger partial charge is 0.225 e. The molecule has 1 amide bonds. The molecule has 1 aromatic rings. The van der Waals surface area contributed by atoms with Crippen molar-refractivity contribution in [3.05, 3.63) is 29.8 Å². The van der Waals surface area contributed by atoms with E-state index in [-0.39, 0.29) is 23.3 Å². The third-order valence-corrected chi connectivity index (χ3v) is 6.07. The van der Waals surface area contributed by atoms with Gasteiger partial charge in [-0.05, 0) is 37.3 Å². The number of hydrogen-bond acceptors (Lipinski definition) is 4. The summed E-state index contributed by atoms with van der Waals surface area (Å²) < 4.78 is 0. The SMILES string of the molecule is N[C@@H]1C[C@H](C(=O)N2CCC3(CC2)CNc2ccccc23)C[C@H]1O. The van der Waals surface area contributed by atoms with E-state index < -0.39 is 6.10 Å². The summed E-state index contributed by atoms with van der Waals surface area (Å²) in [5, 5.41) is 13.3. The molecule has 23 heavy (non-hydrogen) atoms. The maximum absolute atomic E-state index is 12.7. The summed E-state index contributed by atoms with van der Waals surface area (Å²) in [7, 11) is 0. The predicted octanol–water partition coefficient (Wildman–Crippen LogP) is 1.07. The lowest BCUT2D eigenvalue weighted by atomic mass is 9.74. The first-order chi connectivity index (χ1) is 11.1. The maximum Gasteiger partial charge on any atom is 0.225 e. The molecule has 1 saturated heterocycles. The van der Waals surface area contributed by atoms with Crippen molar-refractivity contribution in [3.8, 4) is 0 Å². The van der Waals surface area contributed by atoms with Crippen LogP contribution in [0.25, 0.3) is 0 Å². The van der Waals surface area contributed by atoms with E-state index in [1.165, 1.54) is 11.3 Å². The minimum atomic E-state index is -0.522. The van der Waals surface area contributed by atoms with E-state index in [2.05, 4.69) is 29.6 Å². The van der Waals surface area contributed by atoms with Crippen LogP contribution in [0, 0.1) is 5.92 Å². The van der Waals surface area contributed by atoms with Crippen LogP contribution >= 0.6 is 0 Å². The van der Waals surface area contributed by atoms with Crippen molar-refractivity contribution in [1.29, 1.82) is 0 Å². The number of aliphatic hydroxyl groups excluding tert-OH is 1. The first-order valence-electron chi connectivity index (χ1n) is 8.65. The number of nitrogens with one attached hydrogen (secondary N) is 1. The number of amides is 1. The number of fused-ring (bicyclic) bond motifs is 2. The Morgan fingerprint density at radius 3 is 2.70 bits per heavy atom. The van der Waals surface area contributed by atoms with Crippen molar-refractivity contribution in [2.75, 3.05) is 25.0 Å². The topological polar surface area (TPSA) is 78.6 Å². The van der Waals surface area contributed by atoms with Crippen molar-refractivity contribution in [2.45, 2.75) is 43.2 Å². The molecule has 4 N–H and O–H groups in total. The Kier molecular flexibility index (Phi) is 3.58. The zero-order chi connectivity index (χ0) is 16.0. The Hall–Kier alpha value is -1.59. The molecule has 1 spiro atoms. The van der Waals surface area contributed by atoms with Crippen LogP contribution in [0.4, 0.5) is 5.69 Å². The Morgan fingerprint density at radius 1 is 1.26 bits per heavy atom. The molecule has 124 valence electrons. The van der Waals surface area contributed by atoms with Crippen molar-refractivity contribution < 1.29 is 9.90 Å². The number of nitrogens with zero attached hydrogens (tertiary/aromatic N) is 1. The highest BCUT2D eigenvalue weighted by atomic mass is 16.3. The molecule has 3 atom stereocenters. The Morgan fingerprint density at radius 2 is 2.00 bits per heavy atom. The monoisotopic (exact) mass is 315 g/mol. The number of piperidine rings is 1. The highest BCUT2D eigenvalue weighted by Gasteiger charge is 2.44. The number of nitrogens with two attached hydrogens (primary N) is 1. The molecule has 0 unspecified atom stereocenters. The van der Waals surface area contributed by atoms with Gasteiger partial charge in [0.2, 0.25) is 5.91 Å². The first-order valence-corrected chi connectivity index (χ1v) is 8.65. The van der Waals surface area contributed by atoms with E-state index in [1.54, 1.807) is 0 Å². The summed E-state index contributed by atoms with van der Waals surface area (Å²) in [4.78, 5) is 14.7. The van der Waals surface area contributed by atoms with Crippen LogP contribution in [-0.4, -0.2) is 47.7 Å². The highest BCUT2D eigenvalue weighted by molar-refractivity contribution is 5.79. The zero-order valence-electron chi connectivity index (χ0n) is 13.4. The van der Waals surface area contributed by atoms with Crippen molar-refractivity contribution >= 4 is 11.6 Å². The van der Waals surface area contributed by atoms with Crippen LogP contribution in [0.5, 0.6) is 0 Å². The summed E-state index contributed by atoms with van der Waals surface area (Å²) in [6.45, 7) is 2.58. The van der Waals surface area contributed by atoms with Gasteiger partial charge in [0.1, 0.15) is 0 Å². The van der Waals surface area contributed by atoms with Crippen molar-refractivity contribution in [2.24, 2.45) is 11.7 Å². The second-order valence-electron chi connectivity index (χ2n) is 7.40. The molecule has 5 heteroatoms. The molecule has 2 aliphatic heterocycles.